The van der Waals surface area contributed by atoms with E-state index in [1.54, 1.807) is 0 Å². The lowest BCUT2D eigenvalue weighted by atomic mass is 10.3. The third kappa shape index (κ3) is 4.04. The highest BCUT2D eigenvalue weighted by Gasteiger charge is 2.05. The summed E-state index contributed by atoms with van der Waals surface area (Å²) in [5.74, 6) is -2.24. The first-order valence-electron chi connectivity index (χ1n) is 2.89. The highest BCUT2D eigenvalue weighted by atomic mass is 16.4. The number of carbonyl (C=O) groups excluding carboxylic acids is 1. The van der Waals surface area contributed by atoms with Crippen LogP contribution in [0, 0.1) is 0 Å². The van der Waals surface area contributed by atoms with Gasteiger partial charge in [0.1, 0.15) is 0 Å². The van der Waals surface area contributed by atoms with E-state index in [0.717, 1.165) is 0 Å². The predicted molar refractivity (Wildman–Crippen MR) is 37.6 cm³/mol. The second-order valence-corrected chi connectivity index (χ2v) is 1.93. The van der Waals surface area contributed by atoms with Gasteiger partial charge in [-0.25, -0.2) is 9.59 Å². The van der Waals surface area contributed by atoms with Crippen molar-refractivity contribution in [3.05, 3.63) is 11.6 Å². The molecule has 6 nitrogen and oxygen atoms in total. The Balaban J connectivity index is 4.24. The van der Waals surface area contributed by atoms with Gasteiger partial charge in [0.15, 0.2) is 0 Å². The normalized spacial score (nSPS) is 10.6. The highest BCUT2D eigenvalue weighted by molar-refractivity contribution is 6.02. The minimum Gasteiger partial charge on any atom is -0.478 e. The highest BCUT2D eigenvalue weighted by Crippen LogP contribution is 1.90. The van der Waals surface area contributed by atoms with Gasteiger partial charge in [-0.2, -0.15) is 0 Å². The molecule has 0 aliphatic rings. The molecule has 0 radical (unpaired) electrons. The molecule has 3 N–H and O–H groups in total. The first-order valence-corrected chi connectivity index (χ1v) is 2.89. The maximum Gasteiger partial charge on any atom is 0.411 e. The van der Waals surface area contributed by atoms with Crippen molar-refractivity contribution in [1.82, 2.24) is 5.32 Å². The fraction of sp³-hybridized carbons (Fsp3) is 0.167. The summed E-state index contributed by atoms with van der Waals surface area (Å²) in [5, 5.41) is 17.8. The molecule has 0 fully saturated rings. The number of amides is 2. The second kappa shape index (κ2) is 4.12. The molecule has 6 heteroatoms. The van der Waals surface area contributed by atoms with E-state index in [-0.39, 0.29) is 5.57 Å². The summed E-state index contributed by atoms with van der Waals surface area (Å²) in [6.45, 7) is 1.18. The lowest BCUT2D eigenvalue weighted by Crippen LogP contribution is -2.27. The van der Waals surface area contributed by atoms with Crippen LogP contribution in [0.15, 0.2) is 11.6 Å². The van der Waals surface area contributed by atoms with Crippen molar-refractivity contribution >= 4 is 18.0 Å². The van der Waals surface area contributed by atoms with E-state index < -0.39 is 18.0 Å². The zero-order chi connectivity index (χ0) is 9.72. The molecule has 0 aromatic heterocycles. The van der Waals surface area contributed by atoms with Gasteiger partial charge in [0.05, 0.1) is 0 Å². The van der Waals surface area contributed by atoms with E-state index in [1.807, 2.05) is 0 Å². The van der Waals surface area contributed by atoms with E-state index in [9.17, 15) is 14.4 Å². The van der Waals surface area contributed by atoms with Crippen LogP contribution >= 0.6 is 0 Å². The topological polar surface area (TPSA) is 104 Å². The molecule has 0 spiro atoms. The van der Waals surface area contributed by atoms with Crippen LogP contribution in [0.25, 0.3) is 0 Å². The Morgan fingerprint density at radius 1 is 1.25 bits per heavy atom. The maximum atomic E-state index is 10.5. The third-order valence-electron chi connectivity index (χ3n) is 0.915. The number of aliphatic carboxylic acids is 1. The van der Waals surface area contributed by atoms with Gasteiger partial charge in [0, 0.05) is 11.6 Å². The molecular weight excluding hydrogens is 166 g/mol. The third-order valence-corrected chi connectivity index (χ3v) is 0.915. The number of hydrogen-bond acceptors (Lipinski definition) is 3. The second-order valence-electron chi connectivity index (χ2n) is 1.93. The van der Waals surface area contributed by atoms with Crippen molar-refractivity contribution in [2.75, 3.05) is 0 Å². The standard InChI is InChI=1S/C6H7NO5/c1-3(5(9)10)2-4(8)7-6(11)12/h2H,1H3,(H,7,8)(H,9,10)(H,11,12)/b3-2-. The minimum absolute atomic E-state index is 0.228. The smallest absolute Gasteiger partial charge is 0.411 e. The Bertz CT molecular complexity index is 255. The van der Waals surface area contributed by atoms with Crippen molar-refractivity contribution in [3.8, 4) is 0 Å². The van der Waals surface area contributed by atoms with Crippen molar-refractivity contribution in [2.24, 2.45) is 0 Å². The molecule has 12 heavy (non-hydrogen) atoms. The Morgan fingerprint density at radius 3 is 2.08 bits per heavy atom. The molecule has 2 amide bonds. The summed E-state index contributed by atoms with van der Waals surface area (Å²) in [6.07, 6.45) is -0.828. The minimum atomic E-state index is -1.52. The summed E-state index contributed by atoms with van der Waals surface area (Å²) < 4.78 is 0. The molecule has 0 aromatic carbocycles. The quantitative estimate of drug-likeness (QED) is 0.502. The van der Waals surface area contributed by atoms with Crippen molar-refractivity contribution in [3.63, 3.8) is 0 Å². The molecule has 0 aromatic rings. The summed E-state index contributed by atoms with van der Waals surface area (Å²) >= 11 is 0. The van der Waals surface area contributed by atoms with Crippen LogP contribution in [0.1, 0.15) is 6.92 Å². The van der Waals surface area contributed by atoms with Gasteiger partial charge in [-0.3, -0.25) is 10.1 Å². The van der Waals surface area contributed by atoms with Crippen LogP contribution in [0.4, 0.5) is 4.79 Å². The SMILES string of the molecule is C/C(=C/C(=O)NC(=O)O)C(=O)O. The van der Waals surface area contributed by atoms with Crippen LogP contribution in [0.5, 0.6) is 0 Å². The summed E-state index contributed by atoms with van der Waals surface area (Å²) in [5.41, 5.74) is -0.228. The van der Waals surface area contributed by atoms with Gasteiger partial charge >= 0.3 is 12.1 Å². The Morgan fingerprint density at radius 2 is 1.75 bits per heavy atom. The monoisotopic (exact) mass is 173 g/mol. The number of carbonyl (C=O) groups is 3. The van der Waals surface area contributed by atoms with E-state index in [2.05, 4.69) is 0 Å². The van der Waals surface area contributed by atoms with Gasteiger partial charge in [-0.15, -0.1) is 0 Å². The average Bonchev–Trinajstić information content (AvgIpc) is 1.84. The molecule has 0 heterocycles. The fourth-order valence-electron chi connectivity index (χ4n) is 0.400. The van der Waals surface area contributed by atoms with Gasteiger partial charge < -0.3 is 10.2 Å². The van der Waals surface area contributed by atoms with Gasteiger partial charge in [-0.05, 0) is 6.92 Å². The number of rotatable bonds is 2. The number of carboxylic acids is 1. The van der Waals surface area contributed by atoms with Gasteiger partial charge in [0.25, 0.3) is 5.91 Å². The van der Waals surface area contributed by atoms with E-state index in [1.165, 1.54) is 12.2 Å². The fourth-order valence-corrected chi connectivity index (χ4v) is 0.400. The molecule has 0 aliphatic heterocycles. The number of carboxylic acid groups (broad SMARTS) is 2. The predicted octanol–water partition coefficient (Wildman–Crippen LogP) is -0.189. The summed E-state index contributed by atoms with van der Waals surface area (Å²) in [6, 6.07) is 0. The van der Waals surface area contributed by atoms with Crippen molar-refractivity contribution in [1.29, 1.82) is 0 Å². The van der Waals surface area contributed by atoms with Crippen molar-refractivity contribution < 1.29 is 24.6 Å². The maximum absolute atomic E-state index is 10.5. The molecule has 0 bridgehead atoms. The van der Waals surface area contributed by atoms with Crippen LogP contribution in [-0.2, 0) is 9.59 Å². The van der Waals surface area contributed by atoms with E-state index in [4.69, 9.17) is 10.2 Å². The lowest BCUT2D eigenvalue weighted by Gasteiger charge is -1.93. The van der Waals surface area contributed by atoms with E-state index in [0.29, 0.717) is 6.08 Å². The molecule has 66 valence electrons. The van der Waals surface area contributed by atoms with Crippen LogP contribution in [0.3, 0.4) is 0 Å². The number of nitrogens with one attached hydrogen (secondary N) is 1. The number of hydrogen-bond donors (Lipinski definition) is 3. The molecule has 0 saturated heterocycles. The molecule has 0 rings (SSSR count). The Labute approximate surface area is 67.5 Å². The molecule has 0 atom stereocenters. The molecule has 0 saturated carbocycles. The molecule has 0 unspecified atom stereocenters. The van der Waals surface area contributed by atoms with E-state index >= 15 is 0 Å². The van der Waals surface area contributed by atoms with Crippen LogP contribution < -0.4 is 5.32 Å². The first-order chi connectivity index (χ1) is 5.43. The first kappa shape index (κ1) is 10.2. The number of imide groups is 1. The zero-order valence-electron chi connectivity index (χ0n) is 6.20. The molecular formula is C6H7NO5. The Hall–Kier alpha value is -1.85. The van der Waals surface area contributed by atoms with Crippen LogP contribution in [-0.4, -0.2) is 28.2 Å². The van der Waals surface area contributed by atoms with Gasteiger partial charge in [-0.1, -0.05) is 0 Å². The largest absolute Gasteiger partial charge is 0.478 e. The molecule has 0 aliphatic carbocycles. The lowest BCUT2D eigenvalue weighted by molar-refractivity contribution is -0.133. The van der Waals surface area contributed by atoms with Crippen LogP contribution in [0.2, 0.25) is 0 Å². The van der Waals surface area contributed by atoms with Crippen molar-refractivity contribution in [2.45, 2.75) is 6.92 Å². The zero-order valence-corrected chi connectivity index (χ0v) is 6.20. The summed E-state index contributed by atoms with van der Waals surface area (Å²) in [4.78, 5) is 30.5. The summed E-state index contributed by atoms with van der Waals surface area (Å²) in [7, 11) is 0. The average molecular weight is 173 g/mol. The van der Waals surface area contributed by atoms with Gasteiger partial charge in [0.2, 0.25) is 0 Å². The Kier molecular flexibility index (Phi) is 3.48.